The smallest absolute Gasteiger partial charge is 0.251 e. The molecule has 1 fully saturated rings. The predicted molar refractivity (Wildman–Crippen MR) is 99.0 cm³/mol. The van der Waals surface area contributed by atoms with Crippen LogP contribution in [0.5, 0.6) is 0 Å². The lowest BCUT2D eigenvalue weighted by molar-refractivity contribution is 0.0948. The number of hydrogen-bond donors (Lipinski definition) is 1. The molecule has 24 heavy (non-hydrogen) atoms. The van der Waals surface area contributed by atoms with Gasteiger partial charge in [-0.1, -0.05) is 48.5 Å². The first kappa shape index (κ1) is 16.7. The Kier molecular flexibility index (Phi) is 5.31. The first-order valence-corrected chi connectivity index (χ1v) is 8.82. The van der Waals surface area contributed by atoms with Crippen molar-refractivity contribution in [3.63, 3.8) is 0 Å². The van der Waals surface area contributed by atoms with Crippen molar-refractivity contribution < 1.29 is 4.79 Å². The largest absolute Gasteiger partial charge is 0.352 e. The SMILES string of the molecule is CC(C)N1CC[C@@H](CNC(=O)c2ccccc2-c2ccccc2)C1. The van der Waals surface area contributed by atoms with Gasteiger partial charge in [-0.25, -0.2) is 0 Å². The van der Waals surface area contributed by atoms with E-state index in [-0.39, 0.29) is 5.91 Å². The van der Waals surface area contributed by atoms with Gasteiger partial charge in [0.2, 0.25) is 0 Å². The number of benzene rings is 2. The van der Waals surface area contributed by atoms with Gasteiger partial charge >= 0.3 is 0 Å². The number of carbonyl (C=O) groups excluding carboxylic acids is 1. The maximum absolute atomic E-state index is 12.7. The fourth-order valence-electron chi connectivity index (χ4n) is 3.38. The molecule has 1 N–H and O–H groups in total. The summed E-state index contributed by atoms with van der Waals surface area (Å²) in [4.78, 5) is 15.2. The molecule has 0 unspecified atom stereocenters. The second kappa shape index (κ2) is 7.63. The van der Waals surface area contributed by atoms with E-state index in [1.807, 2.05) is 54.6 Å². The highest BCUT2D eigenvalue weighted by atomic mass is 16.1. The van der Waals surface area contributed by atoms with Gasteiger partial charge in [0, 0.05) is 24.7 Å². The number of nitrogens with one attached hydrogen (secondary N) is 1. The number of likely N-dealkylation sites (tertiary alicyclic amines) is 1. The molecule has 0 radical (unpaired) electrons. The van der Waals surface area contributed by atoms with Crippen LogP contribution in [0.2, 0.25) is 0 Å². The lowest BCUT2D eigenvalue weighted by atomic mass is 9.99. The van der Waals surface area contributed by atoms with Crippen molar-refractivity contribution >= 4 is 5.91 Å². The van der Waals surface area contributed by atoms with E-state index in [0.29, 0.717) is 12.0 Å². The lowest BCUT2D eigenvalue weighted by Gasteiger charge is -2.20. The van der Waals surface area contributed by atoms with Gasteiger partial charge < -0.3 is 10.2 Å². The summed E-state index contributed by atoms with van der Waals surface area (Å²) < 4.78 is 0. The molecule has 1 amide bonds. The monoisotopic (exact) mass is 322 g/mol. The standard InChI is InChI=1S/C21H26N2O/c1-16(2)23-13-12-17(15-23)14-22-21(24)20-11-7-6-10-19(20)18-8-4-3-5-9-18/h3-11,16-17H,12-15H2,1-2H3,(H,22,24)/t17-/m0/s1. The third-order valence-corrected chi connectivity index (χ3v) is 4.86. The summed E-state index contributed by atoms with van der Waals surface area (Å²) in [5.74, 6) is 0.581. The van der Waals surface area contributed by atoms with E-state index in [9.17, 15) is 4.79 Å². The van der Waals surface area contributed by atoms with Gasteiger partial charge in [0.25, 0.3) is 5.91 Å². The molecule has 126 valence electrons. The summed E-state index contributed by atoms with van der Waals surface area (Å²) >= 11 is 0. The van der Waals surface area contributed by atoms with Gasteiger partial charge in [-0.05, 0) is 49.9 Å². The van der Waals surface area contributed by atoms with Crippen molar-refractivity contribution in [3.05, 3.63) is 60.2 Å². The number of rotatable bonds is 5. The molecule has 0 bridgehead atoms. The fraction of sp³-hybridized carbons (Fsp3) is 0.381. The molecule has 3 rings (SSSR count). The zero-order chi connectivity index (χ0) is 16.9. The van der Waals surface area contributed by atoms with E-state index in [1.165, 1.54) is 6.42 Å². The van der Waals surface area contributed by atoms with Crippen LogP contribution in [0.15, 0.2) is 54.6 Å². The molecule has 0 spiro atoms. The van der Waals surface area contributed by atoms with Crippen LogP contribution in [0.3, 0.4) is 0 Å². The van der Waals surface area contributed by atoms with Gasteiger partial charge in [-0.3, -0.25) is 4.79 Å². The second-order valence-corrected chi connectivity index (χ2v) is 6.87. The highest BCUT2D eigenvalue weighted by molar-refractivity contribution is 6.00. The summed E-state index contributed by atoms with van der Waals surface area (Å²) in [6.45, 7) is 7.44. The Morgan fingerprint density at radius 3 is 2.54 bits per heavy atom. The van der Waals surface area contributed by atoms with Crippen LogP contribution in [0, 0.1) is 5.92 Å². The molecule has 1 aliphatic rings. The third kappa shape index (κ3) is 3.85. The molecule has 0 aromatic heterocycles. The average molecular weight is 322 g/mol. The highest BCUT2D eigenvalue weighted by Gasteiger charge is 2.24. The molecule has 0 aliphatic carbocycles. The third-order valence-electron chi connectivity index (χ3n) is 4.86. The summed E-state index contributed by atoms with van der Waals surface area (Å²) in [5.41, 5.74) is 2.82. The summed E-state index contributed by atoms with van der Waals surface area (Å²) in [7, 11) is 0. The minimum atomic E-state index is 0.0254. The summed E-state index contributed by atoms with van der Waals surface area (Å²) in [6, 6.07) is 18.5. The molecule has 1 saturated heterocycles. The van der Waals surface area contributed by atoms with Gasteiger partial charge in [-0.2, -0.15) is 0 Å². The van der Waals surface area contributed by atoms with Crippen LogP contribution < -0.4 is 5.32 Å². The molecule has 1 aliphatic heterocycles. The maximum atomic E-state index is 12.7. The topological polar surface area (TPSA) is 32.3 Å². The fourth-order valence-corrected chi connectivity index (χ4v) is 3.38. The van der Waals surface area contributed by atoms with Gasteiger partial charge in [0.05, 0.1) is 0 Å². The number of amides is 1. The van der Waals surface area contributed by atoms with Crippen LogP contribution in [0.1, 0.15) is 30.6 Å². The molecular weight excluding hydrogens is 296 g/mol. The predicted octanol–water partition coefficient (Wildman–Crippen LogP) is 3.81. The molecule has 1 heterocycles. The average Bonchev–Trinajstić information content (AvgIpc) is 3.10. The Labute approximate surface area is 144 Å². The Balaban J connectivity index is 1.66. The van der Waals surface area contributed by atoms with Crippen LogP contribution in [0.25, 0.3) is 11.1 Å². The van der Waals surface area contributed by atoms with Crippen LogP contribution in [0.4, 0.5) is 0 Å². The van der Waals surface area contributed by atoms with E-state index in [1.54, 1.807) is 0 Å². The van der Waals surface area contributed by atoms with Crippen molar-refractivity contribution in [3.8, 4) is 11.1 Å². The second-order valence-electron chi connectivity index (χ2n) is 6.87. The Bertz CT molecular complexity index is 681. The van der Waals surface area contributed by atoms with Crippen LogP contribution >= 0.6 is 0 Å². The first-order valence-electron chi connectivity index (χ1n) is 8.82. The van der Waals surface area contributed by atoms with Crippen molar-refractivity contribution in [1.29, 1.82) is 0 Å². The molecule has 1 atom stereocenters. The molecule has 3 heteroatoms. The van der Waals surface area contributed by atoms with Crippen molar-refractivity contribution in [2.75, 3.05) is 19.6 Å². The number of hydrogen-bond acceptors (Lipinski definition) is 2. The van der Waals surface area contributed by atoms with Gasteiger partial charge in [0.1, 0.15) is 0 Å². The van der Waals surface area contributed by atoms with Crippen LogP contribution in [-0.2, 0) is 0 Å². The molecule has 2 aromatic rings. The normalized spacial score (nSPS) is 18.0. The lowest BCUT2D eigenvalue weighted by Crippen LogP contribution is -2.33. The van der Waals surface area contributed by atoms with Gasteiger partial charge in [0.15, 0.2) is 0 Å². The summed E-state index contributed by atoms with van der Waals surface area (Å²) in [5, 5.41) is 3.14. The molecule has 2 aromatic carbocycles. The van der Waals surface area contributed by atoms with Crippen molar-refractivity contribution in [2.24, 2.45) is 5.92 Å². The number of nitrogens with zero attached hydrogens (tertiary/aromatic N) is 1. The van der Waals surface area contributed by atoms with E-state index in [2.05, 4.69) is 24.1 Å². The van der Waals surface area contributed by atoms with E-state index >= 15 is 0 Å². The first-order chi connectivity index (χ1) is 11.6. The molecule has 0 saturated carbocycles. The minimum absolute atomic E-state index is 0.0254. The summed E-state index contributed by atoms with van der Waals surface area (Å²) in [6.07, 6.45) is 1.17. The van der Waals surface area contributed by atoms with E-state index in [4.69, 9.17) is 0 Å². The van der Waals surface area contributed by atoms with Crippen molar-refractivity contribution in [1.82, 2.24) is 10.2 Å². The molecule has 3 nitrogen and oxygen atoms in total. The van der Waals surface area contributed by atoms with Gasteiger partial charge in [-0.15, -0.1) is 0 Å². The quantitative estimate of drug-likeness (QED) is 0.908. The Morgan fingerprint density at radius 2 is 1.83 bits per heavy atom. The Hall–Kier alpha value is -2.13. The van der Waals surface area contributed by atoms with E-state index in [0.717, 1.165) is 36.3 Å². The minimum Gasteiger partial charge on any atom is -0.352 e. The van der Waals surface area contributed by atoms with Crippen LogP contribution in [-0.4, -0.2) is 36.5 Å². The Morgan fingerprint density at radius 1 is 1.12 bits per heavy atom. The number of carbonyl (C=O) groups is 1. The van der Waals surface area contributed by atoms with E-state index < -0.39 is 0 Å². The molecular formula is C21H26N2O. The maximum Gasteiger partial charge on any atom is 0.251 e. The highest BCUT2D eigenvalue weighted by Crippen LogP contribution is 2.23. The zero-order valence-corrected chi connectivity index (χ0v) is 14.5. The zero-order valence-electron chi connectivity index (χ0n) is 14.5. The van der Waals surface area contributed by atoms with Crippen molar-refractivity contribution in [2.45, 2.75) is 26.3 Å².